The third-order valence-electron chi connectivity index (χ3n) is 2.49. The lowest BCUT2D eigenvalue weighted by Gasteiger charge is -2.20. The van der Waals surface area contributed by atoms with Crippen LogP contribution in [-0.2, 0) is 0 Å². The van der Waals surface area contributed by atoms with Crippen molar-refractivity contribution in [2.45, 2.75) is 39.0 Å². The molecular weight excluding hydrogens is 157 g/mol. The average molecular weight is 173 g/mol. The summed E-state index contributed by atoms with van der Waals surface area (Å²) in [5.41, 5.74) is 1.19. The molecular formula is C8H16NOP. The van der Waals surface area contributed by atoms with Crippen molar-refractivity contribution in [1.29, 1.82) is 0 Å². The maximum absolute atomic E-state index is 10.2. The Bertz CT molecular complexity index is 137. The van der Waals surface area contributed by atoms with Crippen LogP contribution in [-0.4, -0.2) is 5.71 Å². The lowest BCUT2D eigenvalue weighted by atomic mass is 9.86. The minimum absolute atomic E-state index is 0.898. The zero-order valence-electron chi connectivity index (χ0n) is 7.05. The summed E-state index contributed by atoms with van der Waals surface area (Å²) in [6, 6.07) is 0. The first-order chi connectivity index (χ1) is 5.36. The van der Waals surface area contributed by atoms with E-state index in [1.165, 1.54) is 25.0 Å². The second-order valence-electron chi connectivity index (χ2n) is 3.15. The number of nitrogens with zero attached hydrogens (tertiary/aromatic N) is 1. The van der Waals surface area contributed by atoms with E-state index in [-0.39, 0.29) is 0 Å². The molecule has 1 unspecified atom stereocenters. The fraction of sp³-hybridized carbons (Fsp3) is 0.875. The van der Waals surface area contributed by atoms with Crippen molar-refractivity contribution in [3.63, 3.8) is 0 Å². The van der Waals surface area contributed by atoms with E-state index in [2.05, 4.69) is 11.7 Å². The SMILES string of the molecule is CCC1CCC(=N[PH2+][O-])CC1. The van der Waals surface area contributed by atoms with Gasteiger partial charge in [-0.3, -0.25) is 0 Å². The maximum Gasteiger partial charge on any atom is 0.0570 e. The molecule has 0 amide bonds. The second-order valence-corrected chi connectivity index (χ2v) is 3.62. The highest BCUT2D eigenvalue weighted by atomic mass is 31.1. The molecule has 1 fully saturated rings. The van der Waals surface area contributed by atoms with Crippen LogP contribution in [0.3, 0.4) is 0 Å². The van der Waals surface area contributed by atoms with Crippen LogP contribution in [0.1, 0.15) is 39.0 Å². The minimum Gasteiger partial charge on any atom is -0.663 e. The Hall–Kier alpha value is 0.0600. The summed E-state index contributed by atoms with van der Waals surface area (Å²) >= 11 is 0. The predicted octanol–water partition coefficient (Wildman–Crippen LogP) is 1.63. The van der Waals surface area contributed by atoms with Crippen LogP contribution in [0.5, 0.6) is 0 Å². The quantitative estimate of drug-likeness (QED) is 0.584. The fourth-order valence-electron chi connectivity index (χ4n) is 1.62. The molecule has 3 heteroatoms. The molecule has 1 aliphatic rings. The van der Waals surface area contributed by atoms with Crippen LogP contribution < -0.4 is 4.89 Å². The normalized spacial score (nSPS) is 26.4. The Morgan fingerprint density at radius 1 is 1.55 bits per heavy atom. The van der Waals surface area contributed by atoms with E-state index in [0.717, 1.165) is 18.8 Å². The highest BCUT2D eigenvalue weighted by Crippen LogP contribution is 2.25. The van der Waals surface area contributed by atoms with Crippen LogP contribution in [0.2, 0.25) is 0 Å². The van der Waals surface area contributed by atoms with Gasteiger partial charge in [0, 0.05) is 0 Å². The van der Waals surface area contributed by atoms with Gasteiger partial charge in [0.05, 0.1) is 14.7 Å². The van der Waals surface area contributed by atoms with E-state index in [0.29, 0.717) is 0 Å². The molecule has 0 aromatic carbocycles. The molecule has 0 aromatic rings. The van der Waals surface area contributed by atoms with Gasteiger partial charge in [-0.25, -0.2) is 0 Å². The smallest absolute Gasteiger partial charge is 0.0570 e. The number of hydrogen-bond donors (Lipinski definition) is 0. The lowest BCUT2D eigenvalue weighted by Crippen LogP contribution is -2.13. The molecule has 0 heterocycles. The van der Waals surface area contributed by atoms with Crippen molar-refractivity contribution in [1.82, 2.24) is 0 Å². The van der Waals surface area contributed by atoms with E-state index in [1.807, 2.05) is 0 Å². The van der Waals surface area contributed by atoms with Gasteiger partial charge in [-0.05, 0) is 31.6 Å². The average Bonchev–Trinajstić information content (AvgIpc) is 2.07. The van der Waals surface area contributed by atoms with Gasteiger partial charge in [-0.15, -0.1) is 4.76 Å². The van der Waals surface area contributed by atoms with Crippen molar-refractivity contribution in [3.05, 3.63) is 0 Å². The van der Waals surface area contributed by atoms with Gasteiger partial charge in [0.25, 0.3) is 0 Å². The van der Waals surface area contributed by atoms with Crippen molar-refractivity contribution in [2.75, 3.05) is 0 Å². The molecule has 0 spiro atoms. The predicted molar refractivity (Wildman–Crippen MR) is 49.4 cm³/mol. The number of hydrogen-bond acceptors (Lipinski definition) is 2. The second kappa shape index (κ2) is 4.84. The lowest BCUT2D eigenvalue weighted by molar-refractivity contribution is -0.150. The van der Waals surface area contributed by atoms with Crippen LogP contribution in [0.4, 0.5) is 0 Å². The molecule has 0 N–H and O–H groups in total. The van der Waals surface area contributed by atoms with Gasteiger partial charge in [0.15, 0.2) is 0 Å². The van der Waals surface area contributed by atoms with E-state index < -0.39 is 8.96 Å². The summed E-state index contributed by atoms with van der Waals surface area (Å²) in [4.78, 5) is 10.2. The van der Waals surface area contributed by atoms with Crippen LogP contribution in [0.25, 0.3) is 0 Å². The molecule has 1 aliphatic carbocycles. The summed E-state index contributed by atoms with van der Waals surface area (Å²) in [5, 5.41) is 0. The molecule has 0 aliphatic heterocycles. The van der Waals surface area contributed by atoms with E-state index in [4.69, 9.17) is 0 Å². The summed E-state index contributed by atoms with van der Waals surface area (Å²) in [6.07, 6.45) is 5.99. The van der Waals surface area contributed by atoms with Gasteiger partial charge in [-0.1, -0.05) is 13.3 Å². The first kappa shape index (κ1) is 9.15. The zero-order valence-corrected chi connectivity index (χ0v) is 8.20. The molecule has 1 rings (SSSR count). The summed E-state index contributed by atoms with van der Waals surface area (Å²) in [5.74, 6) is 0.899. The van der Waals surface area contributed by atoms with Crippen LogP contribution in [0, 0.1) is 5.92 Å². The van der Waals surface area contributed by atoms with E-state index in [9.17, 15) is 4.89 Å². The zero-order chi connectivity index (χ0) is 8.10. The summed E-state index contributed by atoms with van der Waals surface area (Å²) in [6.45, 7) is 2.24. The molecule has 0 bridgehead atoms. The van der Waals surface area contributed by atoms with Crippen molar-refractivity contribution in [3.8, 4) is 0 Å². The molecule has 1 atom stereocenters. The standard InChI is InChI=1S/C8H16NOP/c1-2-7-3-5-8(6-4-7)9-11-10/h7H,2-6,11H2,1H3. The Morgan fingerprint density at radius 3 is 2.64 bits per heavy atom. The Kier molecular flexibility index (Phi) is 4.03. The molecule has 0 aromatic heterocycles. The van der Waals surface area contributed by atoms with Crippen LogP contribution >= 0.6 is 8.96 Å². The van der Waals surface area contributed by atoms with Crippen LogP contribution in [0.15, 0.2) is 4.76 Å². The van der Waals surface area contributed by atoms with Gasteiger partial charge < -0.3 is 4.89 Å². The van der Waals surface area contributed by atoms with Crippen molar-refractivity contribution < 1.29 is 4.89 Å². The maximum atomic E-state index is 10.2. The summed E-state index contributed by atoms with van der Waals surface area (Å²) in [7, 11) is -0.898. The molecule has 1 saturated carbocycles. The van der Waals surface area contributed by atoms with Gasteiger partial charge >= 0.3 is 0 Å². The minimum atomic E-state index is -0.898. The molecule has 0 radical (unpaired) electrons. The topological polar surface area (TPSA) is 35.4 Å². The molecule has 11 heavy (non-hydrogen) atoms. The monoisotopic (exact) mass is 173 g/mol. The largest absolute Gasteiger partial charge is 0.663 e. The Morgan fingerprint density at radius 2 is 2.18 bits per heavy atom. The summed E-state index contributed by atoms with van der Waals surface area (Å²) < 4.78 is 4.00. The number of rotatable bonds is 2. The molecule has 64 valence electrons. The molecule has 2 nitrogen and oxygen atoms in total. The Balaban J connectivity index is 2.30. The van der Waals surface area contributed by atoms with Gasteiger partial charge in [0.2, 0.25) is 0 Å². The fourth-order valence-corrected chi connectivity index (χ4v) is 2.03. The first-order valence-electron chi connectivity index (χ1n) is 4.36. The van der Waals surface area contributed by atoms with Crippen molar-refractivity contribution >= 4 is 14.7 Å². The first-order valence-corrected chi connectivity index (χ1v) is 5.34. The Labute approximate surface area is 70.0 Å². The molecule has 0 saturated heterocycles. The van der Waals surface area contributed by atoms with Gasteiger partial charge in [0.1, 0.15) is 0 Å². The van der Waals surface area contributed by atoms with E-state index in [1.54, 1.807) is 0 Å². The van der Waals surface area contributed by atoms with Crippen molar-refractivity contribution in [2.24, 2.45) is 10.7 Å². The highest BCUT2D eigenvalue weighted by Gasteiger charge is 2.15. The third kappa shape index (κ3) is 2.88. The van der Waals surface area contributed by atoms with Gasteiger partial charge in [-0.2, -0.15) is 0 Å². The third-order valence-corrected chi connectivity index (χ3v) is 2.97. The highest BCUT2D eigenvalue weighted by molar-refractivity contribution is 7.28. The van der Waals surface area contributed by atoms with E-state index >= 15 is 0 Å².